The SMILES string of the molecule is Cc1cc(C)c2c(c1)NC(=O)C(C)(C)S2(=O)=O. The van der Waals surface area contributed by atoms with Crippen LogP contribution in [-0.4, -0.2) is 19.1 Å². The lowest BCUT2D eigenvalue weighted by Gasteiger charge is -2.31. The standard InChI is InChI=1S/C12H15NO3S/c1-7-5-8(2)10-9(6-7)13-11(14)12(3,4)17(10,15)16/h5-6H,1-4H3,(H,13,14). The van der Waals surface area contributed by atoms with Gasteiger partial charge in [0.15, 0.2) is 9.84 Å². The summed E-state index contributed by atoms with van der Waals surface area (Å²) in [5.41, 5.74) is 2.00. The summed E-state index contributed by atoms with van der Waals surface area (Å²) < 4.78 is 23.4. The van der Waals surface area contributed by atoms with Crippen LogP contribution >= 0.6 is 0 Å². The number of hydrogen-bond acceptors (Lipinski definition) is 3. The monoisotopic (exact) mass is 253 g/mol. The van der Waals surface area contributed by atoms with Gasteiger partial charge in [0.2, 0.25) is 5.91 Å². The summed E-state index contributed by atoms with van der Waals surface area (Å²) in [4.78, 5) is 12.1. The van der Waals surface area contributed by atoms with E-state index in [2.05, 4.69) is 5.32 Å². The molecule has 4 nitrogen and oxygen atoms in total. The molecule has 2 rings (SSSR count). The van der Waals surface area contributed by atoms with Crippen molar-refractivity contribution in [3.8, 4) is 0 Å². The number of benzene rings is 1. The minimum Gasteiger partial charge on any atom is -0.324 e. The van der Waals surface area contributed by atoms with Gasteiger partial charge in [-0.15, -0.1) is 0 Å². The predicted molar refractivity (Wildman–Crippen MR) is 65.8 cm³/mol. The zero-order chi connectivity index (χ0) is 13.0. The van der Waals surface area contributed by atoms with Crippen molar-refractivity contribution in [3.63, 3.8) is 0 Å². The van der Waals surface area contributed by atoms with Gasteiger partial charge in [-0.1, -0.05) is 6.07 Å². The molecular formula is C12H15NO3S. The quantitative estimate of drug-likeness (QED) is 0.767. The lowest BCUT2D eigenvalue weighted by atomic mass is 10.1. The normalized spacial score (nSPS) is 20.6. The fourth-order valence-corrected chi connectivity index (χ4v) is 3.74. The molecule has 92 valence electrons. The Kier molecular flexibility index (Phi) is 2.36. The second-order valence-electron chi connectivity index (χ2n) is 4.93. The largest absolute Gasteiger partial charge is 0.324 e. The molecule has 0 fully saturated rings. The summed E-state index contributed by atoms with van der Waals surface area (Å²) >= 11 is 0. The Morgan fingerprint density at radius 3 is 2.35 bits per heavy atom. The van der Waals surface area contributed by atoms with Crippen molar-refractivity contribution >= 4 is 21.4 Å². The summed E-state index contributed by atoms with van der Waals surface area (Å²) in [6.45, 7) is 6.47. The van der Waals surface area contributed by atoms with Gasteiger partial charge in [0.25, 0.3) is 0 Å². The Hall–Kier alpha value is -1.36. The van der Waals surface area contributed by atoms with Crippen LogP contribution in [0.3, 0.4) is 0 Å². The summed E-state index contributed by atoms with van der Waals surface area (Å²) in [6, 6.07) is 3.50. The zero-order valence-corrected chi connectivity index (χ0v) is 11.1. The molecule has 1 aliphatic rings. The van der Waals surface area contributed by atoms with Crippen molar-refractivity contribution < 1.29 is 13.2 Å². The molecule has 1 aromatic rings. The van der Waals surface area contributed by atoms with Crippen LogP contribution in [0, 0.1) is 13.8 Å². The average molecular weight is 253 g/mol. The molecule has 0 spiro atoms. The van der Waals surface area contributed by atoms with Crippen LogP contribution in [0.1, 0.15) is 25.0 Å². The van der Waals surface area contributed by atoms with Gasteiger partial charge in [-0.05, 0) is 44.9 Å². The molecule has 1 N–H and O–H groups in total. The molecule has 5 heteroatoms. The fourth-order valence-electron chi connectivity index (χ4n) is 2.05. The van der Waals surface area contributed by atoms with E-state index in [1.807, 2.05) is 13.0 Å². The maximum absolute atomic E-state index is 12.4. The van der Waals surface area contributed by atoms with Crippen molar-refractivity contribution in [2.24, 2.45) is 0 Å². The van der Waals surface area contributed by atoms with Crippen LogP contribution in [0.5, 0.6) is 0 Å². The predicted octanol–water partition coefficient (Wildman–Crippen LogP) is 1.81. The number of amides is 1. The number of sulfone groups is 1. The van der Waals surface area contributed by atoms with E-state index in [-0.39, 0.29) is 4.90 Å². The molecule has 1 amide bonds. The number of carbonyl (C=O) groups excluding carboxylic acids is 1. The molecule has 0 saturated heterocycles. The molecule has 0 unspecified atom stereocenters. The number of carbonyl (C=O) groups is 1. The summed E-state index contributed by atoms with van der Waals surface area (Å²) in [6.07, 6.45) is 0. The molecule has 1 aromatic carbocycles. The molecule has 1 heterocycles. The van der Waals surface area contributed by atoms with Crippen molar-refractivity contribution in [1.29, 1.82) is 0 Å². The molecular weight excluding hydrogens is 238 g/mol. The minimum absolute atomic E-state index is 0.243. The Balaban J connectivity index is 2.86. The van der Waals surface area contributed by atoms with E-state index in [9.17, 15) is 13.2 Å². The number of fused-ring (bicyclic) bond motifs is 1. The Morgan fingerprint density at radius 1 is 1.18 bits per heavy atom. The van der Waals surface area contributed by atoms with Gasteiger partial charge in [-0.2, -0.15) is 0 Å². The maximum Gasteiger partial charge on any atom is 0.245 e. The highest BCUT2D eigenvalue weighted by Gasteiger charge is 2.48. The van der Waals surface area contributed by atoms with E-state index >= 15 is 0 Å². The van der Waals surface area contributed by atoms with Gasteiger partial charge >= 0.3 is 0 Å². The van der Waals surface area contributed by atoms with E-state index < -0.39 is 20.5 Å². The highest BCUT2D eigenvalue weighted by molar-refractivity contribution is 7.94. The van der Waals surface area contributed by atoms with Crippen LogP contribution in [0.2, 0.25) is 0 Å². The van der Waals surface area contributed by atoms with E-state index in [1.54, 1.807) is 13.0 Å². The zero-order valence-electron chi connectivity index (χ0n) is 10.3. The highest BCUT2D eigenvalue weighted by Crippen LogP contribution is 2.38. The van der Waals surface area contributed by atoms with Gasteiger partial charge in [0.1, 0.15) is 4.75 Å². The third-order valence-corrected chi connectivity index (χ3v) is 5.76. The highest BCUT2D eigenvalue weighted by atomic mass is 32.2. The molecule has 1 aliphatic heterocycles. The number of rotatable bonds is 0. The average Bonchev–Trinajstić information content (AvgIpc) is 2.13. The van der Waals surface area contributed by atoms with Gasteiger partial charge in [0, 0.05) is 0 Å². The third-order valence-electron chi connectivity index (χ3n) is 3.15. The van der Waals surface area contributed by atoms with Crippen LogP contribution < -0.4 is 5.32 Å². The van der Waals surface area contributed by atoms with Crippen molar-refractivity contribution in [2.75, 3.05) is 5.32 Å². The number of anilines is 1. The molecule has 0 bridgehead atoms. The van der Waals surface area contributed by atoms with Gasteiger partial charge in [-0.25, -0.2) is 8.42 Å². The first-order valence-electron chi connectivity index (χ1n) is 5.35. The fraction of sp³-hybridized carbons (Fsp3) is 0.417. The number of hydrogen-bond donors (Lipinski definition) is 1. The molecule has 0 saturated carbocycles. The number of nitrogens with one attached hydrogen (secondary N) is 1. The smallest absolute Gasteiger partial charge is 0.245 e. The Morgan fingerprint density at radius 2 is 1.76 bits per heavy atom. The summed E-state index contributed by atoms with van der Waals surface area (Å²) in [5, 5.41) is 2.67. The van der Waals surface area contributed by atoms with Gasteiger partial charge < -0.3 is 5.32 Å². The second kappa shape index (κ2) is 3.32. The van der Waals surface area contributed by atoms with Crippen molar-refractivity contribution in [2.45, 2.75) is 37.3 Å². The van der Waals surface area contributed by atoms with Crippen LogP contribution in [0.25, 0.3) is 0 Å². The van der Waals surface area contributed by atoms with Crippen LogP contribution in [0.4, 0.5) is 5.69 Å². The first-order chi connectivity index (χ1) is 7.68. The van der Waals surface area contributed by atoms with Crippen molar-refractivity contribution in [1.82, 2.24) is 0 Å². The number of aryl methyl sites for hydroxylation is 2. The van der Waals surface area contributed by atoms with E-state index in [4.69, 9.17) is 0 Å². The van der Waals surface area contributed by atoms with Gasteiger partial charge in [0.05, 0.1) is 10.6 Å². The van der Waals surface area contributed by atoms with E-state index in [0.29, 0.717) is 11.3 Å². The summed E-state index contributed by atoms with van der Waals surface area (Å²) in [7, 11) is -3.63. The summed E-state index contributed by atoms with van der Waals surface area (Å²) in [5.74, 6) is -0.477. The minimum atomic E-state index is -3.63. The van der Waals surface area contributed by atoms with Crippen LogP contribution in [0.15, 0.2) is 17.0 Å². The second-order valence-corrected chi connectivity index (χ2v) is 7.36. The Labute approximate surface area is 101 Å². The first kappa shape index (κ1) is 12.1. The first-order valence-corrected chi connectivity index (χ1v) is 6.83. The molecule has 0 atom stereocenters. The lowest BCUT2D eigenvalue weighted by Crippen LogP contribution is -2.48. The maximum atomic E-state index is 12.4. The molecule has 17 heavy (non-hydrogen) atoms. The third kappa shape index (κ3) is 1.49. The van der Waals surface area contributed by atoms with Crippen molar-refractivity contribution in [3.05, 3.63) is 23.3 Å². The Bertz CT molecular complexity index is 615. The van der Waals surface area contributed by atoms with E-state index in [0.717, 1.165) is 5.56 Å². The van der Waals surface area contributed by atoms with E-state index in [1.165, 1.54) is 13.8 Å². The van der Waals surface area contributed by atoms with Crippen LogP contribution in [-0.2, 0) is 14.6 Å². The topological polar surface area (TPSA) is 63.2 Å². The van der Waals surface area contributed by atoms with Gasteiger partial charge in [-0.3, -0.25) is 4.79 Å². The molecule has 0 radical (unpaired) electrons. The lowest BCUT2D eigenvalue weighted by molar-refractivity contribution is -0.118. The molecule has 0 aliphatic carbocycles. The molecule has 0 aromatic heterocycles.